The smallest absolute Gasteiger partial charge is 0.219 e. The van der Waals surface area contributed by atoms with Crippen LogP contribution in [-0.2, 0) is 32.0 Å². The first-order valence-electron chi connectivity index (χ1n) is 5.72. The Hall–Kier alpha value is -1.37. The van der Waals surface area contributed by atoms with Crippen LogP contribution in [0.1, 0.15) is 5.56 Å². The fourth-order valence-electron chi connectivity index (χ4n) is 1.44. The van der Waals surface area contributed by atoms with Gasteiger partial charge in [0.2, 0.25) is 0 Å². The van der Waals surface area contributed by atoms with Gasteiger partial charge < -0.3 is 0 Å². The fourth-order valence-corrected chi connectivity index (χ4v) is 2.90. The van der Waals surface area contributed by atoms with Crippen LogP contribution in [0.15, 0.2) is 24.5 Å². The molecule has 0 N–H and O–H groups in total. The molecule has 0 bridgehead atoms. The minimum atomic E-state index is -5.46. The van der Waals surface area contributed by atoms with Crippen LogP contribution in [0.25, 0.3) is 0 Å². The van der Waals surface area contributed by atoms with Gasteiger partial charge in [-0.05, 0) is 6.07 Å². The van der Waals surface area contributed by atoms with Crippen LogP contribution in [0.4, 0.5) is 26.3 Å². The molecular weight excluding hydrogens is 376 g/mol. The number of hydrogen-bond acceptors (Lipinski definition) is 4. The molecule has 0 unspecified atom stereocenters. The highest BCUT2D eigenvalue weighted by Gasteiger charge is 2.46. The summed E-state index contributed by atoms with van der Waals surface area (Å²) in [6.07, 6.45) is 1.95. The number of pyridine rings is 1. The largest absolute Gasteiger partial charge is 0.497 e. The van der Waals surface area contributed by atoms with Crippen LogP contribution in [0.3, 0.4) is 0 Å². The number of aryl methyl sites for hydroxylation is 1. The summed E-state index contributed by atoms with van der Waals surface area (Å²) in [4.78, 5) is 0. The molecule has 0 saturated heterocycles. The normalized spacial score (nSPS) is 14.0. The van der Waals surface area contributed by atoms with Crippen LogP contribution >= 0.6 is 0 Å². The molecule has 0 atom stereocenters. The lowest BCUT2D eigenvalue weighted by Crippen LogP contribution is -2.40. The first-order valence-corrected chi connectivity index (χ1v) is 9.02. The highest BCUT2D eigenvalue weighted by Crippen LogP contribution is 2.26. The van der Waals surface area contributed by atoms with Crippen molar-refractivity contribution < 1.29 is 47.7 Å². The minimum absolute atomic E-state index is 0.339. The van der Waals surface area contributed by atoms with Gasteiger partial charge in [-0.3, -0.25) is 0 Å². The molecule has 0 aromatic carbocycles. The molecule has 5 nitrogen and oxygen atoms in total. The van der Waals surface area contributed by atoms with Gasteiger partial charge in [0.1, 0.15) is 5.75 Å². The lowest BCUT2D eigenvalue weighted by atomic mass is 10.3. The van der Waals surface area contributed by atoms with E-state index >= 15 is 0 Å². The Morgan fingerprint density at radius 1 is 0.913 bits per heavy atom. The molecule has 1 heterocycles. The third kappa shape index (κ3) is 5.06. The van der Waals surface area contributed by atoms with Crippen LogP contribution < -0.4 is 4.57 Å². The summed E-state index contributed by atoms with van der Waals surface area (Å²) in [6, 6.07) is 2.12. The third-order valence-electron chi connectivity index (χ3n) is 2.60. The molecular formula is C10H10F6NO4S2+. The SMILES string of the molecule is O=S(=O)(CC[n+]1cccc(CS(=O)(=O)C(F)(F)F)c1)C(F)(F)F. The molecule has 1 aromatic rings. The predicted octanol–water partition coefficient (Wildman–Crippen LogP) is 1.34. The van der Waals surface area contributed by atoms with Gasteiger partial charge in [0.25, 0.3) is 19.7 Å². The van der Waals surface area contributed by atoms with Crippen molar-refractivity contribution >= 4 is 19.7 Å². The molecule has 1 aromatic heterocycles. The number of rotatable bonds is 5. The Bertz CT molecular complexity index is 767. The number of alkyl halides is 6. The van der Waals surface area contributed by atoms with E-state index in [0.29, 0.717) is 0 Å². The molecule has 0 aliphatic heterocycles. The zero-order valence-corrected chi connectivity index (χ0v) is 12.7. The molecule has 0 saturated carbocycles. The standard InChI is InChI=1S/C10H10F6NO4S2/c11-9(12,13)22(18,19)5-4-17-3-1-2-8(6-17)7-23(20,21)10(14,15)16/h1-3,6H,4-5,7H2/q+1. The van der Waals surface area contributed by atoms with Crippen molar-refractivity contribution in [1.82, 2.24) is 0 Å². The molecule has 1 rings (SSSR count). The predicted molar refractivity (Wildman–Crippen MR) is 65.2 cm³/mol. The van der Waals surface area contributed by atoms with Crippen molar-refractivity contribution in [2.75, 3.05) is 5.75 Å². The van der Waals surface area contributed by atoms with Gasteiger partial charge in [-0.15, -0.1) is 0 Å². The Morgan fingerprint density at radius 2 is 1.43 bits per heavy atom. The molecule has 13 heteroatoms. The Morgan fingerprint density at radius 3 is 1.91 bits per heavy atom. The summed E-state index contributed by atoms with van der Waals surface area (Å²) < 4.78 is 118. The summed E-state index contributed by atoms with van der Waals surface area (Å²) in [7, 11) is -10.8. The molecule has 0 aliphatic carbocycles. The van der Waals surface area contributed by atoms with Crippen molar-refractivity contribution in [3.05, 3.63) is 30.1 Å². The molecule has 0 fully saturated rings. The minimum Gasteiger partial charge on any atom is -0.219 e. The maximum Gasteiger partial charge on any atom is 0.497 e. The first-order chi connectivity index (χ1) is 10.2. The Balaban J connectivity index is 2.91. The van der Waals surface area contributed by atoms with Gasteiger partial charge in [-0.25, -0.2) is 21.4 Å². The van der Waals surface area contributed by atoms with Gasteiger partial charge in [0.15, 0.2) is 18.9 Å². The van der Waals surface area contributed by atoms with Crippen LogP contribution in [0.5, 0.6) is 0 Å². The van der Waals surface area contributed by atoms with Gasteiger partial charge in [0, 0.05) is 11.6 Å². The van der Waals surface area contributed by atoms with Gasteiger partial charge in [-0.2, -0.15) is 26.3 Å². The number of hydrogen-bond donors (Lipinski definition) is 0. The average Bonchev–Trinajstić information content (AvgIpc) is 2.33. The monoisotopic (exact) mass is 386 g/mol. The van der Waals surface area contributed by atoms with Crippen molar-refractivity contribution in [2.24, 2.45) is 0 Å². The second-order valence-electron chi connectivity index (χ2n) is 4.42. The molecule has 0 amide bonds. The highest BCUT2D eigenvalue weighted by atomic mass is 32.2. The van der Waals surface area contributed by atoms with Crippen molar-refractivity contribution in [3.8, 4) is 0 Å². The number of aromatic nitrogens is 1. The van der Waals surface area contributed by atoms with E-state index in [-0.39, 0.29) is 5.56 Å². The Kier molecular flexibility index (Phi) is 5.36. The highest BCUT2D eigenvalue weighted by molar-refractivity contribution is 7.92. The van der Waals surface area contributed by atoms with Gasteiger partial charge in [0.05, 0.1) is 5.75 Å². The maximum absolute atomic E-state index is 12.3. The molecule has 132 valence electrons. The summed E-state index contributed by atoms with van der Waals surface area (Å²) in [6.45, 7) is -0.693. The van der Waals surface area contributed by atoms with E-state index in [1.165, 1.54) is 0 Å². The molecule has 0 aliphatic rings. The number of halogens is 6. The van der Waals surface area contributed by atoms with Crippen molar-refractivity contribution in [1.29, 1.82) is 0 Å². The molecule has 23 heavy (non-hydrogen) atoms. The van der Waals surface area contributed by atoms with Gasteiger partial charge >= 0.3 is 11.0 Å². The molecule has 0 spiro atoms. The topological polar surface area (TPSA) is 72.2 Å². The van der Waals surface area contributed by atoms with E-state index in [2.05, 4.69) is 0 Å². The summed E-state index contributed by atoms with van der Waals surface area (Å²) >= 11 is 0. The van der Waals surface area contributed by atoms with Crippen molar-refractivity contribution in [3.63, 3.8) is 0 Å². The number of sulfone groups is 2. The van der Waals surface area contributed by atoms with Crippen LogP contribution in [0, 0.1) is 0 Å². The maximum atomic E-state index is 12.3. The fraction of sp³-hybridized carbons (Fsp3) is 0.500. The van der Waals surface area contributed by atoms with E-state index in [0.717, 1.165) is 29.1 Å². The van der Waals surface area contributed by atoms with Crippen LogP contribution in [0.2, 0.25) is 0 Å². The zero-order valence-electron chi connectivity index (χ0n) is 11.1. The van der Waals surface area contributed by atoms with E-state index in [1.54, 1.807) is 0 Å². The summed E-state index contributed by atoms with van der Waals surface area (Å²) in [5.74, 6) is -2.72. The number of nitrogens with zero attached hydrogens (tertiary/aromatic N) is 1. The zero-order chi connectivity index (χ0) is 18.1. The van der Waals surface area contributed by atoms with Gasteiger partial charge in [-0.1, -0.05) is 0 Å². The van der Waals surface area contributed by atoms with Crippen LogP contribution in [-0.4, -0.2) is 33.6 Å². The third-order valence-corrected chi connectivity index (χ3v) is 5.44. The van der Waals surface area contributed by atoms with E-state index in [4.69, 9.17) is 0 Å². The van der Waals surface area contributed by atoms with E-state index < -0.39 is 48.7 Å². The Labute approximate surface area is 127 Å². The average molecular weight is 386 g/mol. The second kappa shape index (κ2) is 6.26. The van der Waals surface area contributed by atoms with Crippen molar-refractivity contribution in [2.45, 2.75) is 23.3 Å². The second-order valence-corrected chi connectivity index (χ2v) is 8.50. The lowest BCUT2D eigenvalue weighted by Gasteiger charge is -2.08. The van der Waals surface area contributed by atoms with E-state index in [1.807, 2.05) is 0 Å². The summed E-state index contributed by atoms with van der Waals surface area (Å²) in [5, 5.41) is 0. The summed E-state index contributed by atoms with van der Waals surface area (Å²) in [5.41, 5.74) is -11.2. The van der Waals surface area contributed by atoms with E-state index in [9.17, 15) is 43.2 Å². The molecule has 0 radical (unpaired) electrons. The first kappa shape index (κ1) is 19.7. The quantitative estimate of drug-likeness (QED) is 0.566. The lowest BCUT2D eigenvalue weighted by molar-refractivity contribution is -0.693.